The van der Waals surface area contributed by atoms with Crippen molar-refractivity contribution >= 4 is 15.9 Å². The van der Waals surface area contributed by atoms with Gasteiger partial charge in [0.25, 0.3) is 0 Å². The maximum atomic E-state index is 12.4. The van der Waals surface area contributed by atoms with Crippen molar-refractivity contribution in [3.05, 3.63) is 52.4 Å². The fourth-order valence-electron chi connectivity index (χ4n) is 1.74. The molecule has 0 amide bonds. The van der Waals surface area contributed by atoms with Gasteiger partial charge in [0.05, 0.1) is 10.7 Å². The van der Waals surface area contributed by atoms with Gasteiger partial charge >= 0.3 is 6.61 Å². The first-order valence-electron chi connectivity index (χ1n) is 5.36. The summed E-state index contributed by atoms with van der Waals surface area (Å²) in [5.41, 5.74) is 2.99. The fourth-order valence-corrected chi connectivity index (χ4v) is 2.17. The molecule has 0 aliphatic rings. The molecule has 0 saturated carbocycles. The van der Waals surface area contributed by atoms with E-state index in [1.807, 2.05) is 0 Å². The second-order valence-corrected chi connectivity index (χ2v) is 4.50. The van der Waals surface area contributed by atoms with Gasteiger partial charge in [0, 0.05) is 5.56 Å². The Morgan fingerprint density at radius 3 is 2.58 bits per heavy atom. The van der Waals surface area contributed by atoms with Crippen molar-refractivity contribution in [2.45, 2.75) is 12.7 Å². The Hall–Kier alpha value is -1.44. The van der Waals surface area contributed by atoms with Crippen LogP contribution >= 0.6 is 15.9 Å². The summed E-state index contributed by atoms with van der Waals surface area (Å²) in [6, 6.07) is 7.48. The summed E-state index contributed by atoms with van der Waals surface area (Å²) in [6.07, 6.45) is 1.47. The number of nitrogens with two attached hydrogens (primary N) is 1. The van der Waals surface area contributed by atoms with Gasteiger partial charge in [-0.2, -0.15) is 8.78 Å². The largest absolute Gasteiger partial charge is 0.466 e. The molecule has 7 heteroatoms. The Morgan fingerprint density at radius 1 is 1.26 bits per heavy atom. The number of rotatable bonds is 5. The maximum absolute atomic E-state index is 12.4. The number of hydrogen-bond donors (Lipinski definition) is 2. The molecule has 0 aliphatic carbocycles. The van der Waals surface area contributed by atoms with Crippen molar-refractivity contribution in [3.8, 4) is 5.75 Å². The lowest BCUT2D eigenvalue weighted by atomic mass is 10.0. The molecule has 102 valence electrons. The average Bonchev–Trinajstić information content (AvgIpc) is 2.78. The third-order valence-corrected chi connectivity index (χ3v) is 3.17. The van der Waals surface area contributed by atoms with E-state index in [4.69, 9.17) is 10.3 Å². The molecule has 1 unspecified atom stereocenters. The van der Waals surface area contributed by atoms with Crippen LogP contribution in [0.2, 0.25) is 0 Å². The Kier molecular flexibility index (Phi) is 4.52. The molecule has 0 saturated heterocycles. The zero-order chi connectivity index (χ0) is 13.8. The highest BCUT2D eigenvalue weighted by Gasteiger charge is 2.23. The average molecular weight is 333 g/mol. The van der Waals surface area contributed by atoms with Crippen LogP contribution in [0.1, 0.15) is 17.4 Å². The molecule has 1 heterocycles. The van der Waals surface area contributed by atoms with Crippen LogP contribution < -0.4 is 16.0 Å². The Morgan fingerprint density at radius 2 is 2.00 bits per heavy atom. The number of para-hydroxylation sites is 1. The van der Waals surface area contributed by atoms with Crippen LogP contribution in [0.3, 0.4) is 0 Å². The third-order valence-electron chi connectivity index (χ3n) is 2.52. The summed E-state index contributed by atoms with van der Waals surface area (Å²) >= 11 is 3.30. The topological polar surface area (TPSA) is 60.4 Å². The summed E-state index contributed by atoms with van der Waals surface area (Å²) in [7, 11) is 0. The van der Waals surface area contributed by atoms with Gasteiger partial charge in [0.2, 0.25) is 0 Å². The Labute approximate surface area is 116 Å². The minimum absolute atomic E-state index is 0.0451. The number of furan rings is 1. The zero-order valence-electron chi connectivity index (χ0n) is 9.65. The second-order valence-electron chi connectivity index (χ2n) is 3.65. The maximum Gasteiger partial charge on any atom is 0.387 e. The zero-order valence-corrected chi connectivity index (χ0v) is 11.2. The molecule has 0 radical (unpaired) electrons. The second kappa shape index (κ2) is 6.14. The van der Waals surface area contributed by atoms with Crippen molar-refractivity contribution in [1.82, 2.24) is 5.43 Å². The van der Waals surface area contributed by atoms with E-state index in [0.717, 1.165) is 0 Å². The van der Waals surface area contributed by atoms with E-state index in [2.05, 4.69) is 26.1 Å². The van der Waals surface area contributed by atoms with E-state index >= 15 is 0 Å². The predicted molar refractivity (Wildman–Crippen MR) is 68.6 cm³/mol. The normalized spacial score (nSPS) is 12.7. The molecular formula is C12H11BrF2N2O2. The summed E-state index contributed by atoms with van der Waals surface area (Å²) in [6.45, 7) is -2.90. The molecule has 19 heavy (non-hydrogen) atoms. The lowest BCUT2D eigenvalue weighted by Crippen LogP contribution is -2.29. The minimum Gasteiger partial charge on any atom is -0.466 e. The number of hydrazine groups is 1. The first-order valence-corrected chi connectivity index (χ1v) is 6.15. The van der Waals surface area contributed by atoms with E-state index in [9.17, 15) is 8.78 Å². The quantitative estimate of drug-likeness (QED) is 0.652. The molecule has 0 aliphatic heterocycles. The Balaban J connectivity index is 2.41. The summed E-state index contributed by atoms with van der Waals surface area (Å²) in [5.74, 6) is 6.02. The molecule has 0 fully saturated rings. The summed E-state index contributed by atoms with van der Waals surface area (Å²) in [4.78, 5) is 0. The number of hydrogen-bond acceptors (Lipinski definition) is 4. The van der Waals surface area contributed by atoms with E-state index in [-0.39, 0.29) is 5.75 Å². The van der Waals surface area contributed by atoms with Gasteiger partial charge in [-0.15, -0.1) is 0 Å². The van der Waals surface area contributed by atoms with Crippen molar-refractivity contribution < 1.29 is 17.9 Å². The fraction of sp³-hybridized carbons (Fsp3) is 0.167. The molecule has 2 aromatic rings. The standard InChI is InChI=1S/C12H11BrF2N2O2/c13-8-5-6-18-11(8)10(17-16)7-3-1-2-4-9(7)19-12(14)15/h1-6,10,12,17H,16H2. The van der Waals surface area contributed by atoms with E-state index in [1.165, 1.54) is 12.3 Å². The van der Waals surface area contributed by atoms with Crippen LogP contribution in [0.15, 0.2) is 45.5 Å². The highest BCUT2D eigenvalue weighted by atomic mass is 79.9. The van der Waals surface area contributed by atoms with Gasteiger partial charge < -0.3 is 9.15 Å². The number of ether oxygens (including phenoxy) is 1. The first kappa shape index (κ1) is 14.0. The molecule has 0 bridgehead atoms. The van der Waals surface area contributed by atoms with E-state index in [1.54, 1.807) is 24.3 Å². The lowest BCUT2D eigenvalue weighted by Gasteiger charge is -2.18. The number of alkyl halides is 2. The molecule has 1 aromatic heterocycles. The number of benzene rings is 1. The van der Waals surface area contributed by atoms with Gasteiger partial charge in [0.1, 0.15) is 17.6 Å². The molecule has 1 atom stereocenters. The van der Waals surface area contributed by atoms with Crippen LogP contribution in [0.5, 0.6) is 5.75 Å². The molecular weight excluding hydrogens is 322 g/mol. The van der Waals surface area contributed by atoms with Crippen molar-refractivity contribution in [1.29, 1.82) is 0 Å². The highest BCUT2D eigenvalue weighted by Crippen LogP contribution is 2.34. The van der Waals surface area contributed by atoms with Crippen LogP contribution in [0, 0.1) is 0 Å². The lowest BCUT2D eigenvalue weighted by molar-refractivity contribution is -0.0506. The van der Waals surface area contributed by atoms with Crippen molar-refractivity contribution in [2.24, 2.45) is 5.84 Å². The minimum atomic E-state index is -2.90. The molecule has 3 N–H and O–H groups in total. The van der Waals surface area contributed by atoms with Crippen molar-refractivity contribution in [2.75, 3.05) is 0 Å². The molecule has 2 rings (SSSR count). The van der Waals surface area contributed by atoms with Crippen LogP contribution in [-0.4, -0.2) is 6.61 Å². The monoisotopic (exact) mass is 332 g/mol. The van der Waals surface area contributed by atoms with E-state index in [0.29, 0.717) is 15.8 Å². The summed E-state index contributed by atoms with van der Waals surface area (Å²) < 4.78 is 35.2. The number of halogens is 3. The molecule has 1 aromatic carbocycles. The summed E-state index contributed by atoms with van der Waals surface area (Å²) in [5, 5.41) is 0. The first-order chi connectivity index (χ1) is 9.13. The highest BCUT2D eigenvalue weighted by molar-refractivity contribution is 9.10. The number of nitrogens with one attached hydrogen (secondary N) is 1. The van der Waals surface area contributed by atoms with Crippen molar-refractivity contribution in [3.63, 3.8) is 0 Å². The van der Waals surface area contributed by atoms with Gasteiger partial charge in [-0.25, -0.2) is 5.43 Å². The van der Waals surface area contributed by atoms with Gasteiger partial charge in [-0.05, 0) is 28.1 Å². The van der Waals surface area contributed by atoms with Gasteiger partial charge in [-0.1, -0.05) is 18.2 Å². The van der Waals surface area contributed by atoms with Crippen LogP contribution in [0.25, 0.3) is 0 Å². The SMILES string of the molecule is NNC(c1ccccc1OC(F)F)c1occc1Br. The third kappa shape index (κ3) is 3.12. The molecule has 4 nitrogen and oxygen atoms in total. The van der Waals surface area contributed by atoms with E-state index < -0.39 is 12.7 Å². The van der Waals surface area contributed by atoms with Crippen LogP contribution in [-0.2, 0) is 0 Å². The predicted octanol–water partition coefficient (Wildman–Crippen LogP) is 3.20. The van der Waals surface area contributed by atoms with Crippen LogP contribution in [0.4, 0.5) is 8.78 Å². The van der Waals surface area contributed by atoms with Gasteiger partial charge in [0.15, 0.2) is 0 Å². The smallest absolute Gasteiger partial charge is 0.387 e. The Bertz CT molecular complexity index is 548. The van der Waals surface area contributed by atoms with Gasteiger partial charge in [-0.3, -0.25) is 5.84 Å². The molecule has 0 spiro atoms.